The minimum absolute atomic E-state index is 0.0842. The summed E-state index contributed by atoms with van der Waals surface area (Å²) in [6.07, 6.45) is 5.46. The van der Waals surface area contributed by atoms with E-state index in [1.807, 2.05) is 29.7 Å². The number of carbonyl (C=O) groups excluding carboxylic acids is 2. The molecule has 1 saturated carbocycles. The third-order valence-electron chi connectivity index (χ3n) is 8.12. The Morgan fingerprint density at radius 3 is 2.47 bits per heavy atom. The van der Waals surface area contributed by atoms with Crippen LogP contribution in [0.2, 0.25) is 0 Å². The van der Waals surface area contributed by atoms with Crippen molar-refractivity contribution in [3.8, 4) is 11.5 Å². The van der Waals surface area contributed by atoms with Crippen molar-refractivity contribution in [3.05, 3.63) is 23.9 Å². The van der Waals surface area contributed by atoms with Crippen molar-refractivity contribution in [3.63, 3.8) is 0 Å². The average Bonchev–Trinajstić information content (AvgIpc) is 3.28. The van der Waals surface area contributed by atoms with Gasteiger partial charge in [0, 0.05) is 37.6 Å². The van der Waals surface area contributed by atoms with Crippen molar-refractivity contribution in [2.24, 2.45) is 0 Å². The van der Waals surface area contributed by atoms with Gasteiger partial charge in [-0.2, -0.15) is 0 Å². The van der Waals surface area contributed by atoms with Crippen LogP contribution in [-0.2, 0) is 16.1 Å². The van der Waals surface area contributed by atoms with Crippen molar-refractivity contribution < 1.29 is 23.8 Å². The van der Waals surface area contributed by atoms with Gasteiger partial charge >= 0.3 is 0 Å². The van der Waals surface area contributed by atoms with Crippen molar-refractivity contribution >= 4 is 22.7 Å². The van der Waals surface area contributed by atoms with Crippen LogP contribution in [0.4, 0.5) is 0 Å². The summed E-state index contributed by atoms with van der Waals surface area (Å²) in [5, 5.41) is 4.11. The molecule has 1 unspecified atom stereocenters. The van der Waals surface area contributed by atoms with E-state index in [2.05, 4.69) is 10.2 Å². The van der Waals surface area contributed by atoms with Gasteiger partial charge in [0.1, 0.15) is 22.7 Å². The first-order valence-corrected chi connectivity index (χ1v) is 13.1. The van der Waals surface area contributed by atoms with Crippen molar-refractivity contribution in [2.45, 2.75) is 57.2 Å². The lowest BCUT2D eigenvalue weighted by atomic mass is 9.91. The van der Waals surface area contributed by atoms with Crippen molar-refractivity contribution in [2.75, 3.05) is 53.6 Å². The van der Waals surface area contributed by atoms with Crippen LogP contribution in [0.5, 0.6) is 11.5 Å². The molecule has 3 heterocycles. The molecule has 9 heteroatoms. The van der Waals surface area contributed by atoms with E-state index in [0.29, 0.717) is 50.0 Å². The molecular weight excluding hydrogens is 460 g/mol. The normalized spacial score (nSPS) is 23.5. The first-order chi connectivity index (χ1) is 17.5. The standard InChI is InChI=1S/C27H38N4O5/c1-27(26(33)28-19-7-5-4-6-8-19)18-30-21(17-20-22(34-2)9-10-23(35-3)24(20)30)25(32)31(27)12-11-29-13-15-36-16-14-29/h9-10,17,19H,4-8,11-16,18H2,1-3H3,(H,28,33). The van der Waals surface area contributed by atoms with Crippen LogP contribution in [-0.4, -0.2) is 91.4 Å². The predicted octanol–water partition coefficient (Wildman–Crippen LogP) is 2.65. The summed E-state index contributed by atoms with van der Waals surface area (Å²) >= 11 is 0. The molecule has 1 aromatic heterocycles. The summed E-state index contributed by atoms with van der Waals surface area (Å²) < 4.78 is 18.7. The van der Waals surface area contributed by atoms with Crippen LogP contribution in [0.3, 0.4) is 0 Å². The number of benzene rings is 1. The smallest absolute Gasteiger partial charge is 0.271 e. The molecule has 1 aliphatic carbocycles. The molecule has 1 atom stereocenters. The topological polar surface area (TPSA) is 85.3 Å². The number of rotatable bonds is 7. The summed E-state index contributed by atoms with van der Waals surface area (Å²) in [5.74, 6) is 1.10. The van der Waals surface area contributed by atoms with Gasteiger partial charge in [-0.15, -0.1) is 0 Å². The fourth-order valence-electron chi connectivity index (χ4n) is 5.96. The van der Waals surface area contributed by atoms with E-state index in [1.165, 1.54) is 6.42 Å². The second kappa shape index (κ2) is 10.3. The number of nitrogens with one attached hydrogen (secondary N) is 1. The van der Waals surface area contributed by atoms with Crippen LogP contribution in [0.15, 0.2) is 18.2 Å². The fourth-order valence-corrected chi connectivity index (χ4v) is 5.96. The molecule has 2 amide bonds. The summed E-state index contributed by atoms with van der Waals surface area (Å²) in [6, 6.07) is 5.74. The predicted molar refractivity (Wildman–Crippen MR) is 137 cm³/mol. The highest BCUT2D eigenvalue weighted by Crippen LogP contribution is 2.40. The number of fused-ring (bicyclic) bond motifs is 3. The number of carbonyl (C=O) groups is 2. The minimum Gasteiger partial charge on any atom is -0.496 e. The molecule has 2 aromatic rings. The maximum Gasteiger partial charge on any atom is 0.271 e. The molecule has 1 aromatic carbocycles. The Balaban J connectivity index is 1.53. The zero-order valence-electron chi connectivity index (χ0n) is 21.7. The quantitative estimate of drug-likeness (QED) is 0.632. The number of ether oxygens (including phenoxy) is 3. The molecule has 1 N–H and O–H groups in total. The van der Waals surface area contributed by atoms with Gasteiger partial charge < -0.3 is 29.0 Å². The lowest BCUT2D eigenvalue weighted by Gasteiger charge is -2.45. The van der Waals surface area contributed by atoms with Gasteiger partial charge in [-0.05, 0) is 38.0 Å². The molecule has 9 nitrogen and oxygen atoms in total. The highest BCUT2D eigenvalue weighted by atomic mass is 16.5. The van der Waals surface area contributed by atoms with Gasteiger partial charge in [0.15, 0.2) is 0 Å². The van der Waals surface area contributed by atoms with Crippen LogP contribution >= 0.6 is 0 Å². The van der Waals surface area contributed by atoms with Gasteiger partial charge in [0.25, 0.3) is 5.91 Å². The Labute approximate surface area is 212 Å². The molecule has 3 aliphatic rings. The number of hydrogen-bond acceptors (Lipinski definition) is 6. The molecule has 2 fully saturated rings. The maximum absolute atomic E-state index is 14.1. The SMILES string of the molecule is COc1ccc(OC)c2c1cc1n2CC(C)(C(=O)NC2CCCCC2)N(CCN2CCOCC2)C1=O. The summed E-state index contributed by atoms with van der Waals surface area (Å²) in [6.45, 7) is 6.50. The fraction of sp³-hybridized carbons (Fsp3) is 0.630. The van der Waals surface area contributed by atoms with Gasteiger partial charge in [-0.1, -0.05) is 19.3 Å². The van der Waals surface area contributed by atoms with E-state index in [-0.39, 0.29) is 17.9 Å². The monoisotopic (exact) mass is 498 g/mol. The molecular formula is C27H38N4O5. The number of morpholine rings is 1. The second-order valence-electron chi connectivity index (χ2n) is 10.3. The Kier molecular flexibility index (Phi) is 7.12. The zero-order chi connectivity index (χ0) is 25.3. The highest BCUT2D eigenvalue weighted by Gasteiger charge is 2.48. The molecule has 0 spiro atoms. The van der Waals surface area contributed by atoms with E-state index < -0.39 is 5.54 Å². The van der Waals surface area contributed by atoms with Crippen molar-refractivity contribution in [1.29, 1.82) is 0 Å². The Morgan fingerprint density at radius 2 is 1.78 bits per heavy atom. The number of amides is 2. The first-order valence-electron chi connectivity index (χ1n) is 13.1. The Hall–Kier alpha value is -2.78. The molecule has 0 radical (unpaired) electrons. The maximum atomic E-state index is 14.1. The summed E-state index contributed by atoms with van der Waals surface area (Å²) in [5.41, 5.74) is 0.302. The second-order valence-corrected chi connectivity index (χ2v) is 10.3. The van der Waals surface area contributed by atoms with Crippen LogP contribution in [0, 0.1) is 0 Å². The van der Waals surface area contributed by atoms with E-state index in [9.17, 15) is 9.59 Å². The Bertz CT molecular complexity index is 1120. The van der Waals surface area contributed by atoms with Crippen LogP contribution in [0.1, 0.15) is 49.5 Å². The van der Waals surface area contributed by atoms with Crippen LogP contribution in [0.25, 0.3) is 10.9 Å². The zero-order valence-corrected chi connectivity index (χ0v) is 21.7. The van der Waals surface area contributed by atoms with Gasteiger partial charge in [0.2, 0.25) is 5.91 Å². The number of nitrogens with zero attached hydrogens (tertiary/aromatic N) is 3. The highest BCUT2D eigenvalue weighted by molar-refractivity contribution is 6.06. The molecule has 196 valence electrons. The third kappa shape index (κ3) is 4.43. The first kappa shape index (κ1) is 24.9. The molecule has 36 heavy (non-hydrogen) atoms. The lowest BCUT2D eigenvalue weighted by Crippen LogP contribution is -2.66. The minimum atomic E-state index is -1.03. The van der Waals surface area contributed by atoms with E-state index in [0.717, 1.165) is 49.7 Å². The number of methoxy groups -OCH3 is 2. The molecule has 2 aliphatic heterocycles. The van der Waals surface area contributed by atoms with E-state index in [1.54, 1.807) is 19.1 Å². The van der Waals surface area contributed by atoms with E-state index >= 15 is 0 Å². The van der Waals surface area contributed by atoms with Crippen molar-refractivity contribution in [1.82, 2.24) is 19.7 Å². The van der Waals surface area contributed by atoms with Gasteiger partial charge in [-0.25, -0.2) is 0 Å². The number of hydrogen-bond donors (Lipinski definition) is 1. The lowest BCUT2D eigenvalue weighted by molar-refractivity contribution is -0.134. The molecule has 5 rings (SSSR count). The number of aromatic nitrogens is 1. The van der Waals surface area contributed by atoms with Gasteiger partial charge in [-0.3, -0.25) is 14.5 Å². The van der Waals surface area contributed by atoms with Crippen LogP contribution < -0.4 is 14.8 Å². The third-order valence-corrected chi connectivity index (χ3v) is 8.12. The summed E-state index contributed by atoms with van der Waals surface area (Å²) in [4.78, 5) is 32.1. The Morgan fingerprint density at radius 1 is 1.08 bits per heavy atom. The molecule has 0 bridgehead atoms. The summed E-state index contributed by atoms with van der Waals surface area (Å²) in [7, 11) is 3.24. The molecule has 1 saturated heterocycles. The van der Waals surface area contributed by atoms with Gasteiger partial charge in [0.05, 0.1) is 39.5 Å². The van der Waals surface area contributed by atoms with E-state index in [4.69, 9.17) is 14.2 Å². The average molecular weight is 499 g/mol. The largest absolute Gasteiger partial charge is 0.496 e.